The molecule has 0 N–H and O–H groups in total. The van der Waals surface area contributed by atoms with E-state index in [9.17, 15) is 13.2 Å². The number of ether oxygens (including phenoxy) is 1. The van der Waals surface area contributed by atoms with Gasteiger partial charge < -0.3 is 4.74 Å². The lowest BCUT2D eigenvalue weighted by Gasteiger charge is -2.06. The molecule has 0 atom stereocenters. The highest BCUT2D eigenvalue weighted by Crippen LogP contribution is 2.37. The summed E-state index contributed by atoms with van der Waals surface area (Å²) in [6.07, 6.45) is -4.34. The van der Waals surface area contributed by atoms with Crippen molar-refractivity contribution in [3.8, 4) is 16.3 Å². The highest BCUT2D eigenvalue weighted by molar-refractivity contribution is 7.80. The summed E-state index contributed by atoms with van der Waals surface area (Å²) in [4.78, 5) is 5.16. The van der Waals surface area contributed by atoms with Crippen molar-refractivity contribution in [1.29, 1.82) is 0 Å². The van der Waals surface area contributed by atoms with E-state index < -0.39 is 11.7 Å². The Labute approximate surface area is 140 Å². The number of alkyl halides is 3. The van der Waals surface area contributed by atoms with Crippen molar-refractivity contribution in [1.82, 2.24) is 4.98 Å². The molecule has 3 rings (SSSR count). The Morgan fingerprint density at radius 1 is 1.17 bits per heavy atom. The van der Waals surface area contributed by atoms with Gasteiger partial charge in [-0.2, -0.15) is 13.2 Å². The first kappa shape index (κ1) is 16.1. The van der Waals surface area contributed by atoms with Crippen LogP contribution in [0.5, 0.6) is 5.75 Å². The summed E-state index contributed by atoms with van der Waals surface area (Å²) in [6, 6.07) is 8.64. The SMILES string of the molecule is CCOc1cc(S)c2nc(-c3ccc(C(F)(F)F)cc3)sc2c1. The van der Waals surface area contributed by atoms with E-state index in [1.54, 1.807) is 6.07 Å². The molecule has 0 radical (unpaired) electrons. The third kappa shape index (κ3) is 3.30. The molecule has 2 nitrogen and oxygen atoms in total. The second kappa shape index (κ2) is 6.05. The van der Waals surface area contributed by atoms with Gasteiger partial charge in [0.15, 0.2) is 0 Å². The molecule has 0 aliphatic carbocycles. The monoisotopic (exact) mass is 355 g/mol. The molecule has 7 heteroatoms. The minimum absolute atomic E-state index is 0.545. The molecule has 1 heterocycles. The summed E-state index contributed by atoms with van der Waals surface area (Å²) in [6.45, 7) is 2.44. The van der Waals surface area contributed by atoms with Crippen LogP contribution in [0.2, 0.25) is 0 Å². The highest BCUT2D eigenvalue weighted by Gasteiger charge is 2.30. The molecule has 0 fully saturated rings. The van der Waals surface area contributed by atoms with Gasteiger partial charge in [0.1, 0.15) is 10.8 Å². The second-order valence-electron chi connectivity index (χ2n) is 4.82. The first-order valence-electron chi connectivity index (χ1n) is 6.82. The fourth-order valence-corrected chi connectivity index (χ4v) is 3.56. The largest absolute Gasteiger partial charge is 0.494 e. The maximum atomic E-state index is 12.6. The number of halogens is 3. The fourth-order valence-electron chi connectivity index (χ4n) is 2.16. The summed E-state index contributed by atoms with van der Waals surface area (Å²) < 4.78 is 44.2. The molecule has 23 heavy (non-hydrogen) atoms. The van der Waals surface area contributed by atoms with Crippen LogP contribution in [0.25, 0.3) is 20.8 Å². The predicted molar refractivity (Wildman–Crippen MR) is 88.5 cm³/mol. The molecular weight excluding hydrogens is 343 g/mol. The predicted octanol–water partition coefficient (Wildman–Crippen LogP) is 5.67. The van der Waals surface area contributed by atoms with E-state index in [0.717, 1.165) is 22.3 Å². The van der Waals surface area contributed by atoms with E-state index in [2.05, 4.69) is 17.6 Å². The molecule has 0 bridgehead atoms. The Morgan fingerprint density at radius 3 is 2.48 bits per heavy atom. The number of nitrogens with zero attached hydrogens (tertiary/aromatic N) is 1. The number of hydrogen-bond donors (Lipinski definition) is 1. The number of aromatic nitrogens is 1. The zero-order valence-corrected chi connectivity index (χ0v) is 13.7. The van der Waals surface area contributed by atoms with Gasteiger partial charge in [-0.05, 0) is 31.2 Å². The Balaban J connectivity index is 2.01. The van der Waals surface area contributed by atoms with Crippen molar-refractivity contribution in [3.05, 3.63) is 42.0 Å². The maximum Gasteiger partial charge on any atom is 0.416 e. The van der Waals surface area contributed by atoms with Gasteiger partial charge in [-0.15, -0.1) is 24.0 Å². The molecule has 1 aromatic heterocycles. The van der Waals surface area contributed by atoms with Gasteiger partial charge in [-0.25, -0.2) is 4.98 Å². The maximum absolute atomic E-state index is 12.6. The summed E-state index contributed by atoms with van der Waals surface area (Å²) in [5.74, 6) is 0.701. The van der Waals surface area contributed by atoms with Crippen LogP contribution < -0.4 is 4.74 Å². The van der Waals surface area contributed by atoms with Crippen molar-refractivity contribution in [2.24, 2.45) is 0 Å². The minimum atomic E-state index is -4.34. The van der Waals surface area contributed by atoms with Gasteiger partial charge in [0.05, 0.1) is 22.4 Å². The Hall–Kier alpha value is -1.73. The normalized spacial score (nSPS) is 11.9. The van der Waals surface area contributed by atoms with Crippen molar-refractivity contribution in [2.45, 2.75) is 18.0 Å². The average molecular weight is 355 g/mol. The molecule has 0 aliphatic rings. The third-order valence-corrected chi connectivity index (χ3v) is 4.61. The quantitative estimate of drug-likeness (QED) is 0.612. The van der Waals surface area contributed by atoms with Crippen LogP contribution in [0.15, 0.2) is 41.3 Å². The van der Waals surface area contributed by atoms with E-state index in [-0.39, 0.29) is 0 Å². The van der Waals surface area contributed by atoms with E-state index in [1.807, 2.05) is 13.0 Å². The summed E-state index contributed by atoms with van der Waals surface area (Å²) in [7, 11) is 0. The van der Waals surface area contributed by atoms with Crippen LogP contribution in [-0.2, 0) is 6.18 Å². The molecule has 0 unspecified atom stereocenters. The van der Waals surface area contributed by atoms with Crippen LogP contribution in [-0.4, -0.2) is 11.6 Å². The molecule has 0 aliphatic heterocycles. The van der Waals surface area contributed by atoms with Crippen LogP contribution in [0, 0.1) is 0 Å². The van der Waals surface area contributed by atoms with Gasteiger partial charge in [-0.1, -0.05) is 12.1 Å². The van der Waals surface area contributed by atoms with Gasteiger partial charge in [0, 0.05) is 10.5 Å². The number of fused-ring (bicyclic) bond motifs is 1. The molecule has 0 saturated heterocycles. The molecule has 2 aromatic carbocycles. The Bertz CT molecular complexity index is 841. The average Bonchev–Trinajstić information content (AvgIpc) is 2.91. The summed E-state index contributed by atoms with van der Waals surface area (Å²) >= 11 is 5.80. The van der Waals surface area contributed by atoms with Crippen molar-refractivity contribution in [3.63, 3.8) is 0 Å². The lowest BCUT2D eigenvalue weighted by Crippen LogP contribution is -2.03. The number of rotatable bonds is 3. The topological polar surface area (TPSA) is 22.1 Å². The second-order valence-corrected chi connectivity index (χ2v) is 6.33. The van der Waals surface area contributed by atoms with Crippen molar-refractivity contribution < 1.29 is 17.9 Å². The van der Waals surface area contributed by atoms with Crippen LogP contribution in [0.1, 0.15) is 12.5 Å². The Morgan fingerprint density at radius 2 is 1.87 bits per heavy atom. The van der Waals surface area contributed by atoms with E-state index >= 15 is 0 Å². The molecule has 3 aromatic rings. The van der Waals surface area contributed by atoms with E-state index in [0.29, 0.717) is 27.8 Å². The summed E-state index contributed by atoms with van der Waals surface area (Å²) in [5, 5.41) is 0.651. The number of thiazole rings is 1. The van der Waals surface area contributed by atoms with Crippen LogP contribution in [0.3, 0.4) is 0 Å². The fraction of sp³-hybridized carbons (Fsp3) is 0.188. The zero-order valence-electron chi connectivity index (χ0n) is 12.0. The summed E-state index contributed by atoms with van der Waals surface area (Å²) in [5.41, 5.74) is 0.692. The first-order valence-corrected chi connectivity index (χ1v) is 8.09. The Kier molecular flexibility index (Phi) is 4.25. The van der Waals surface area contributed by atoms with Gasteiger partial charge >= 0.3 is 6.18 Å². The number of hydrogen-bond acceptors (Lipinski definition) is 4. The van der Waals surface area contributed by atoms with Crippen molar-refractivity contribution >= 4 is 34.2 Å². The smallest absolute Gasteiger partial charge is 0.416 e. The minimum Gasteiger partial charge on any atom is -0.494 e. The van der Waals surface area contributed by atoms with E-state index in [1.165, 1.54) is 23.5 Å². The standard InChI is InChI=1S/C16H12F3NOS2/c1-2-21-11-7-12(22)14-13(8-11)23-15(20-14)9-3-5-10(6-4-9)16(17,18)19/h3-8,22H,2H2,1H3. The zero-order chi connectivity index (χ0) is 16.6. The van der Waals surface area contributed by atoms with Gasteiger partial charge in [-0.3, -0.25) is 0 Å². The molecule has 0 spiro atoms. The van der Waals surface area contributed by atoms with E-state index in [4.69, 9.17) is 4.74 Å². The first-order chi connectivity index (χ1) is 10.9. The highest BCUT2D eigenvalue weighted by atomic mass is 32.1. The lowest BCUT2D eigenvalue weighted by molar-refractivity contribution is -0.137. The lowest BCUT2D eigenvalue weighted by atomic mass is 10.1. The van der Waals surface area contributed by atoms with Gasteiger partial charge in [0.25, 0.3) is 0 Å². The van der Waals surface area contributed by atoms with Crippen LogP contribution in [0.4, 0.5) is 13.2 Å². The molecule has 0 saturated carbocycles. The van der Waals surface area contributed by atoms with Gasteiger partial charge in [0.2, 0.25) is 0 Å². The molecule has 120 valence electrons. The number of benzene rings is 2. The number of thiol groups is 1. The molecule has 0 amide bonds. The van der Waals surface area contributed by atoms with Crippen LogP contribution >= 0.6 is 24.0 Å². The third-order valence-electron chi connectivity index (χ3n) is 3.22. The molecular formula is C16H12F3NOS2. The van der Waals surface area contributed by atoms with Crippen molar-refractivity contribution in [2.75, 3.05) is 6.61 Å².